The molecule has 0 aromatic carbocycles. The second-order valence-electron chi connectivity index (χ2n) is 6.36. The molecule has 1 aromatic heterocycles. The molecule has 3 rings (SSSR count). The Balaban J connectivity index is 1.81. The minimum Gasteiger partial charge on any atom is -0.353 e. The van der Waals surface area contributed by atoms with Gasteiger partial charge < -0.3 is 10.2 Å². The summed E-state index contributed by atoms with van der Waals surface area (Å²) >= 11 is 6.29. The van der Waals surface area contributed by atoms with Gasteiger partial charge in [-0.1, -0.05) is 31.4 Å². The summed E-state index contributed by atoms with van der Waals surface area (Å²) in [5, 5.41) is 4.14. The molecule has 21 heavy (non-hydrogen) atoms. The van der Waals surface area contributed by atoms with Gasteiger partial charge in [-0.05, 0) is 49.8 Å². The average Bonchev–Trinajstić information content (AvgIpc) is 2.54. The van der Waals surface area contributed by atoms with E-state index in [-0.39, 0.29) is 0 Å². The number of piperidine rings is 1. The highest BCUT2D eigenvalue weighted by Crippen LogP contribution is 2.37. The Kier molecular flexibility index (Phi) is 5.02. The molecule has 0 radical (unpaired) electrons. The zero-order valence-electron chi connectivity index (χ0n) is 12.9. The molecule has 2 aliphatic rings. The first-order valence-electron chi connectivity index (χ1n) is 8.41. The maximum Gasteiger partial charge on any atom is 0.129 e. The van der Waals surface area contributed by atoms with E-state index in [4.69, 9.17) is 11.6 Å². The van der Waals surface area contributed by atoms with Gasteiger partial charge in [-0.15, -0.1) is 0 Å². The summed E-state index contributed by atoms with van der Waals surface area (Å²) in [5.74, 6) is 2.01. The van der Waals surface area contributed by atoms with Crippen molar-refractivity contribution in [3.05, 3.63) is 22.8 Å². The number of fused-ring (bicyclic) bond motifs is 1. The van der Waals surface area contributed by atoms with Crippen LogP contribution in [-0.2, 0) is 6.54 Å². The molecule has 116 valence electrons. The van der Waals surface area contributed by atoms with Crippen molar-refractivity contribution in [3.8, 4) is 0 Å². The molecule has 2 heterocycles. The van der Waals surface area contributed by atoms with E-state index < -0.39 is 0 Å². The van der Waals surface area contributed by atoms with Crippen LogP contribution in [0.1, 0.15) is 51.0 Å². The van der Waals surface area contributed by atoms with Crippen molar-refractivity contribution < 1.29 is 0 Å². The normalized spacial score (nSPS) is 25.7. The van der Waals surface area contributed by atoms with E-state index in [1.54, 1.807) is 0 Å². The third kappa shape index (κ3) is 3.35. The second-order valence-corrected chi connectivity index (χ2v) is 6.77. The minimum atomic E-state index is 0.702. The molecule has 0 amide bonds. The van der Waals surface area contributed by atoms with Gasteiger partial charge >= 0.3 is 0 Å². The van der Waals surface area contributed by atoms with E-state index in [1.165, 1.54) is 44.1 Å². The van der Waals surface area contributed by atoms with Crippen LogP contribution < -0.4 is 10.2 Å². The standard InChI is InChI=1S/C17H26ClN3/c1-2-19-11-14-10-17(20-12-15(14)18)21-9-5-7-13-6-3-4-8-16(13)21/h10,12-13,16,19H,2-9,11H2,1H3/t13-,16-/m1/s1. The maximum atomic E-state index is 6.29. The lowest BCUT2D eigenvalue weighted by molar-refractivity contribution is 0.242. The van der Waals surface area contributed by atoms with E-state index in [0.717, 1.165) is 36.4 Å². The van der Waals surface area contributed by atoms with Crippen LogP contribution in [0.5, 0.6) is 0 Å². The quantitative estimate of drug-likeness (QED) is 0.911. The lowest BCUT2D eigenvalue weighted by Gasteiger charge is -2.45. The second kappa shape index (κ2) is 6.97. The first kappa shape index (κ1) is 15.1. The van der Waals surface area contributed by atoms with E-state index in [2.05, 4.69) is 28.2 Å². The van der Waals surface area contributed by atoms with Crippen LogP contribution in [0.2, 0.25) is 5.02 Å². The van der Waals surface area contributed by atoms with Crippen molar-refractivity contribution in [1.29, 1.82) is 0 Å². The highest BCUT2D eigenvalue weighted by Gasteiger charge is 2.33. The number of nitrogens with one attached hydrogen (secondary N) is 1. The molecule has 1 N–H and O–H groups in total. The zero-order chi connectivity index (χ0) is 14.7. The number of pyridine rings is 1. The molecular weight excluding hydrogens is 282 g/mol. The minimum absolute atomic E-state index is 0.702. The van der Waals surface area contributed by atoms with Crippen molar-refractivity contribution in [1.82, 2.24) is 10.3 Å². The van der Waals surface area contributed by atoms with Crippen molar-refractivity contribution in [2.24, 2.45) is 5.92 Å². The molecule has 0 bridgehead atoms. The summed E-state index contributed by atoms with van der Waals surface area (Å²) < 4.78 is 0. The third-order valence-corrected chi connectivity index (χ3v) is 5.36. The van der Waals surface area contributed by atoms with Crippen LogP contribution in [0, 0.1) is 5.92 Å². The molecule has 1 saturated heterocycles. The summed E-state index contributed by atoms with van der Waals surface area (Å²) in [4.78, 5) is 7.18. The molecular formula is C17H26ClN3. The average molecular weight is 308 g/mol. The number of rotatable bonds is 4. The molecule has 1 saturated carbocycles. The molecule has 4 heteroatoms. The first-order valence-corrected chi connectivity index (χ1v) is 8.79. The number of aromatic nitrogens is 1. The summed E-state index contributed by atoms with van der Waals surface area (Å²) in [6.45, 7) is 5.05. The van der Waals surface area contributed by atoms with Crippen molar-refractivity contribution in [3.63, 3.8) is 0 Å². The molecule has 1 aliphatic heterocycles. The molecule has 0 spiro atoms. The fraction of sp³-hybridized carbons (Fsp3) is 0.706. The highest BCUT2D eigenvalue weighted by atomic mass is 35.5. The van der Waals surface area contributed by atoms with Crippen LogP contribution in [0.4, 0.5) is 5.82 Å². The Labute approximate surface area is 133 Å². The maximum absolute atomic E-state index is 6.29. The SMILES string of the molecule is CCNCc1cc(N2CCC[C@H]3CCCC[C@H]32)ncc1Cl. The smallest absolute Gasteiger partial charge is 0.129 e. The topological polar surface area (TPSA) is 28.2 Å². The van der Waals surface area contributed by atoms with Crippen molar-refractivity contribution in [2.75, 3.05) is 18.0 Å². The fourth-order valence-corrected chi connectivity index (χ4v) is 4.10. The molecule has 3 nitrogen and oxygen atoms in total. The van der Waals surface area contributed by atoms with E-state index in [9.17, 15) is 0 Å². The predicted molar refractivity (Wildman–Crippen MR) is 89.0 cm³/mol. The van der Waals surface area contributed by atoms with E-state index >= 15 is 0 Å². The van der Waals surface area contributed by atoms with Gasteiger partial charge in [0.15, 0.2) is 0 Å². The van der Waals surface area contributed by atoms with Crippen LogP contribution in [-0.4, -0.2) is 24.1 Å². The Bertz CT molecular complexity index is 475. The van der Waals surface area contributed by atoms with Crippen LogP contribution in [0.3, 0.4) is 0 Å². The number of halogens is 1. The van der Waals surface area contributed by atoms with Gasteiger partial charge in [-0.25, -0.2) is 4.98 Å². The summed E-state index contributed by atoms with van der Waals surface area (Å²) in [5.41, 5.74) is 1.17. The van der Waals surface area contributed by atoms with Gasteiger partial charge in [0.05, 0.1) is 5.02 Å². The van der Waals surface area contributed by atoms with Gasteiger partial charge in [0.25, 0.3) is 0 Å². The molecule has 0 unspecified atom stereocenters. The van der Waals surface area contributed by atoms with Gasteiger partial charge in [0, 0.05) is 25.3 Å². The van der Waals surface area contributed by atoms with Gasteiger partial charge in [-0.2, -0.15) is 0 Å². The Hall–Kier alpha value is -0.800. The monoisotopic (exact) mass is 307 g/mol. The number of hydrogen-bond donors (Lipinski definition) is 1. The van der Waals surface area contributed by atoms with Gasteiger partial charge in [-0.3, -0.25) is 0 Å². The van der Waals surface area contributed by atoms with Crippen molar-refractivity contribution >= 4 is 17.4 Å². The third-order valence-electron chi connectivity index (χ3n) is 5.02. The van der Waals surface area contributed by atoms with Crippen LogP contribution >= 0.6 is 11.6 Å². The van der Waals surface area contributed by atoms with E-state index in [0.29, 0.717) is 6.04 Å². The predicted octanol–water partition coefficient (Wildman–Crippen LogP) is 4.00. The Morgan fingerprint density at radius 2 is 2.10 bits per heavy atom. The zero-order valence-corrected chi connectivity index (χ0v) is 13.7. The summed E-state index contributed by atoms with van der Waals surface area (Å²) in [6.07, 6.45) is 10.0. The highest BCUT2D eigenvalue weighted by molar-refractivity contribution is 6.31. The Morgan fingerprint density at radius 1 is 1.29 bits per heavy atom. The van der Waals surface area contributed by atoms with Gasteiger partial charge in [0.1, 0.15) is 5.82 Å². The number of anilines is 1. The molecule has 1 aliphatic carbocycles. The van der Waals surface area contributed by atoms with Gasteiger partial charge in [0.2, 0.25) is 0 Å². The Morgan fingerprint density at radius 3 is 2.95 bits per heavy atom. The molecule has 2 fully saturated rings. The summed E-state index contributed by atoms with van der Waals surface area (Å²) in [7, 11) is 0. The van der Waals surface area contributed by atoms with E-state index in [1.807, 2.05) is 6.20 Å². The first-order chi connectivity index (χ1) is 10.3. The van der Waals surface area contributed by atoms with Crippen molar-refractivity contribution in [2.45, 2.75) is 58.0 Å². The largest absolute Gasteiger partial charge is 0.353 e. The number of hydrogen-bond acceptors (Lipinski definition) is 3. The number of nitrogens with zero attached hydrogens (tertiary/aromatic N) is 2. The fourth-order valence-electron chi connectivity index (χ4n) is 3.93. The van der Waals surface area contributed by atoms with Crippen LogP contribution in [0.15, 0.2) is 12.3 Å². The summed E-state index contributed by atoms with van der Waals surface area (Å²) in [6, 6.07) is 2.90. The lowest BCUT2D eigenvalue weighted by Crippen LogP contribution is -2.47. The molecule has 2 atom stereocenters. The lowest BCUT2D eigenvalue weighted by atomic mass is 9.78. The molecule has 1 aromatic rings. The van der Waals surface area contributed by atoms with Crippen LogP contribution in [0.25, 0.3) is 0 Å².